The summed E-state index contributed by atoms with van der Waals surface area (Å²) in [5.41, 5.74) is -0.682. The Morgan fingerprint density at radius 1 is 0.524 bits per heavy atom. The molecule has 7 aliphatic heterocycles. The molecule has 0 unspecified atom stereocenters. The van der Waals surface area contributed by atoms with Crippen molar-refractivity contribution in [2.24, 2.45) is 52.3 Å². The minimum atomic E-state index is -2.12. The predicted octanol–water partition coefficient (Wildman–Crippen LogP) is -4.63. The molecule has 4 saturated carbocycles. The number of ether oxygens (including phenoxy) is 12. The van der Waals surface area contributed by atoms with Crippen molar-refractivity contribution in [3.63, 3.8) is 0 Å². The van der Waals surface area contributed by atoms with Crippen molar-refractivity contribution < 1.29 is 133 Å². The number of hydrogen-bond acceptors (Lipinski definition) is 27. The Morgan fingerprint density at radius 2 is 1.09 bits per heavy atom. The molecule has 11 aliphatic rings. The second-order valence-corrected chi connectivity index (χ2v) is 26.1. The minimum Gasteiger partial charge on any atom is -0.394 e. The number of ketones is 1. The van der Waals surface area contributed by atoms with Crippen molar-refractivity contribution in [2.75, 3.05) is 39.6 Å². The van der Waals surface area contributed by atoms with Gasteiger partial charge in [0.15, 0.2) is 37.2 Å². The molecule has 82 heavy (non-hydrogen) atoms. The number of carbonyl (C=O) groups is 1. The van der Waals surface area contributed by atoms with Crippen LogP contribution in [0.1, 0.15) is 85.5 Å². The zero-order valence-electron chi connectivity index (χ0n) is 46.7. The quantitative estimate of drug-likeness (QED) is 0.0772. The smallest absolute Gasteiger partial charge is 0.187 e. The fraction of sp³-hybridized carbons (Fsp3) is 0.982. The number of carbonyl (C=O) groups excluding carboxylic acids is 1. The van der Waals surface area contributed by atoms with Crippen LogP contribution in [0.3, 0.4) is 0 Å². The lowest BCUT2D eigenvalue weighted by atomic mass is 9.44. The number of hydrogen-bond donors (Lipinski definition) is 14. The molecule has 0 aromatic rings. The molecular formula is C55H88O27. The molecule has 14 N–H and O–H groups in total. The maximum atomic E-state index is 14.8. The largest absolute Gasteiger partial charge is 0.394 e. The lowest BCUT2D eigenvalue weighted by molar-refractivity contribution is -0.408. The van der Waals surface area contributed by atoms with Crippen LogP contribution in [-0.2, 0) is 61.6 Å². The van der Waals surface area contributed by atoms with Crippen LogP contribution in [0.5, 0.6) is 0 Å². The first-order chi connectivity index (χ1) is 39.0. The Kier molecular flexibility index (Phi) is 18.4. The molecule has 0 aromatic carbocycles. The molecule has 7 saturated heterocycles. The number of fused-ring (bicyclic) bond motifs is 7. The van der Waals surface area contributed by atoms with E-state index in [1.807, 2.05) is 0 Å². The van der Waals surface area contributed by atoms with E-state index in [0.29, 0.717) is 43.5 Å². The van der Waals surface area contributed by atoms with E-state index in [4.69, 9.17) is 56.8 Å². The molecule has 1 spiro atoms. The van der Waals surface area contributed by atoms with E-state index < -0.39 is 192 Å². The summed E-state index contributed by atoms with van der Waals surface area (Å²) in [6.45, 7) is 5.75. The summed E-state index contributed by atoms with van der Waals surface area (Å²) < 4.78 is 73.0. The summed E-state index contributed by atoms with van der Waals surface area (Å²) >= 11 is 0. The fourth-order valence-corrected chi connectivity index (χ4v) is 16.8. The Morgan fingerprint density at radius 3 is 1.71 bits per heavy atom. The average Bonchev–Trinajstić information content (AvgIpc) is 1.54. The normalized spacial score (nSPS) is 57.0. The number of rotatable bonds is 13. The van der Waals surface area contributed by atoms with Gasteiger partial charge in [-0.25, -0.2) is 0 Å². The molecule has 7 heterocycles. The molecule has 4 aliphatic carbocycles. The van der Waals surface area contributed by atoms with Crippen LogP contribution < -0.4 is 0 Å². The van der Waals surface area contributed by atoms with Crippen LogP contribution in [0.25, 0.3) is 0 Å². The van der Waals surface area contributed by atoms with Crippen molar-refractivity contribution in [2.45, 2.75) is 245 Å². The van der Waals surface area contributed by atoms with Crippen LogP contribution in [-0.4, -0.2) is 276 Å². The fourth-order valence-electron chi connectivity index (χ4n) is 16.8. The van der Waals surface area contributed by atoms with E-state index in [-0.39, 0.29) is 41.1 Å². The highest BCUT2D eigenvalue weighted by molar-refractivity contribution is 5.87. The Balaban J connectivity index is 0.785. The maximum Gasteiger partial charge on any atom is 0.187 e. The summed E-state index contributed by atoms with van der Waals surface area (Å²) in [7, 11) is 0. The summed E-state index contributed by atoms with van der Waals surface area (Å²) in [5.74, 6) is 1.21. The van der Waals surface area contributed by atoms with Crippen LogP contribution >= 0.6 is 0 Å². The molecule has 35 atom stereocenters. The van der Waals surface area contributed by atoms with Crippen LogP contribution in [0.15, 0.2) is 0 Å². The molecule has 0 bridgehead atoms. The molecule has 0 aromatic heterocycles. The highest BCUT2D eigenvalue weighted by Crippen LogP contribution is 2.70. The molecule has 27 heteroatoms. The van der Waals surface area contributed by atoms with Crippen LogP contribution in [0.4, 0.5) is 0 Å². The third-order valence-corrected chi connectivity index (χ3v) is 21.6. The van der Waals surface area contributed by atoms with Gasteiger partial charge in [0.05, 0.1) is 51.8 Å². The molecule has 470 valence electrons. The minimum absolute atomic E-state index is 0.0314. The van der Waals surface area contributed by atoms with Crippen molar-refractivity contribution in [3.8, 4) is 0 Å². The van der Waals surface area contributed by atoms with E-state index in [9.17, 15) is 76.3 Å². The summed E-state index contributed by atoms with van der Waals surface area (Å²) in [5, 5.41) is 153. The number of Topliss-reactive ketones (excluding diaryl/α,β-unsaturated/α-hetero) is 1. The first kappa shape index (κ1) is 62.2. The van der Waals surface area contributed by atoms with Crippen molar-refractivity contribution in [3.05, 3.63) is 0 Å². The molecule has 11 fully saturated rings. The van der Waals surface area contributed by atoms with Gasteiger partial charge in [0, 0.05) is 30.1 Å². The number of aliphatic hydroxyl groups is 14. The third kappa shape index (κ3) is 10.7. The Hall–Kier alpha value is -1.37. The highest BCUT2D eigenvalue weighted by atomic mass is 16.8. The van der Waals surface area contributed by atoms with Crippen molar-refractivity contribution in [1.82, 2.24) is 0 Å². The second kappa shape index (κ2) is 24.2. The predicted molar refractivity (Wildman–Crippen MR) is 269 cm³/mol. The van der Waals surface area contributed by atoms with Gasteiger partial charge in [-0.2, -0.15) is 0 Å². The highest BCUT2D eigenvalue weighted by Gasteiger charge is 2.72. The van der Waals surface area contributed by atoms with Gasteiger partial charge in [0.1, 0.15) is 116 Å². The van der Waals surface area contributed by atoms with Gasteiger partial charge >= 0.3 is 0 Å². The SMILES string of the molecule is C[C@@H]1CC[C@@]2(OC1)O[C@H]1C[C@H]3[C@@H]4CC[C@@H]5C[C@@H](O[C@@H]6O[C@H](CO)[C@H](O[C@@H]7O[C@H](CO)[C@@H](O)[C@H](O[C@@H]8OC[C@@H](O)[C@H](O)[C@H]8O)[C@H]7O[C@@H]7O[C@H](CO)[C@@H](O)[C@H](O[C@@H]8OC[C@H](O)[C@H](O)[C@H]8O)[C@H]7O)[C@H](O)[C@H]6O)CC[C@]5(C)[C@H]4CC(=O)[C@]3(C)[C@H]1[C@@H]2C. The first-order valence-corrected chi connectivity index (χ1v) is 29.6. The topological polar surface area (TPSA) is 411 Å². The van der Waals surface area contributed by atoms with Crippen molar-refractivity contribution >= 4 is 5.78 Å². The zero-order valence-corrected chi connectivity index (χ0v) is 46.7. The van der Waals surface area contributed by atoms with E-state index in [0.717, 1.165) is 38.5 Å². The van der Waals surface area contributed by atoms with Crippen LogP contribution in [0.2, 0.25) is 0 Å². The summed E-state index contributed by atoms with van der Waals surface area (Å²) in [6, 6.07) is 0. The summed E-state index contributed by atoms with van der Waals surface area (Å²) in [4.78, 5) is 14.8. The van der Waals surface area contributed by atoms with E-state index in [1.165, 1.54) is 0 Å². The van der Waals surface area contributed by atoms with Gasteiger partial charge in [-0.05, 0) is 80.0 Å². The maximum absolute atomic E-state index is 14.8. The van der Waals surface area contributed by atoms with E-state index >= 15 is 0 Å². The van der Waals surface area contributed by atoms with Gasteiger partial charge in [-0.3, -0.25) is 4.79 Å². The molecule has 27 nitrogen and oxygen atoms in total. The number of aliphatic hydroxyl groups excluding tert-OH is 14. The van der Waals surface area contributed by atoms with Gasteiger partial charge in [-0.1, -0.05) is 27.7 Å². The molecular weight excluding hydrogens is 1090 g/mol. The van der Waals surface area contributed by atoms with Gasteiger partial charge in [0.25, 0.3) is 0 Å². The third-order valence-electron chi connectivity index (χ3n) is 21.6. The molecule has 0 radical (unpaired) electrons. The molecule has 0 amide bonds. The van der Waals surface area contributed by atoms with Gasteiger partial charge in [-0.15, -0.1) is 0 Å². The van der Waals surface area contributed by atoms with Crippen LogP contribution in [0, 0.1) is 52.3 Å². The first-order valence-electron chi connectivity index (χ1n) is 29.6. The van der Waals surface area contributed by atoms with E-state index in [1.54, 1.807) is 0 Å². The lowest BCUT2D eigenvalue weighted by Crippen LogP contribution is -2.69. The monoisotopic (exact) mass is 1180 g/mol. The lowest BCUT2D eigenvalue weighted by Gasteiger charge is -2.60. The average molecular weight is 1180 g/mol. The standard InChI is InChI=1S/C55H88O27/c1-20-7-10-55(73-17-20)21(2)34-29(82-55)12-26-24-6-5-22-11-23(8-9-53(22,3)25(24)13-33(61)54(26,34)4)74-50-42(69)39(66)44(32(16-58)77-50)78-52-47(46(38(65)31(15-57)76-52)80-49-41(68)36(63)28(60)19-72-49)81-51-43(70)45(37(64)30(14-56)75-51)79-48-40(67)35(62)27(59)18-71-48/h20-32,34-52,56-60,62-70H,5-19H2,1-4H3/t20-,21+,22-,23+,24-,25+,26+,27+,28-,29+,30-,31-,32-,34+,35+,36+,37-,38-,39-,40-,41-,42-,43-,44+,45+,46+,47-,48+,49+,50-,51+,52+,53+,54-,55-/m1/s1. The molecule has 11 rings (SSSR count). The Labute approximate surface area is 474 Å². The second-order valence-electron chi connectivity index (χ2n) is 26.1. The Bertz CT molecular complexity index is 2180. The van der Waals surface area contributed by atoms with E-state index in [2.05, 4.69) is 27.7 Å². The zero-order chi connectivity index (χ0) is 58.6. The summed E-state index contributed by atoms with van der Waals surface area (Å²) in [6.07, 6.45) is -35.3. The van der Waals surface area contributed by atoms with Gasteiger partial charge < -0.3 is 128 Å². The van der Waals surface area contributed by atoms with Gasteiger partial charge in [0.2, 0.25) is 0 Å². The van der Waals surface area contributed by atoms with Crippen molar-refractivity contribution in [1.29, 1.82) is 0 Å².